The van der Waals surface area contributed by atoms with Gasteiger partial charge in [0.15, 0.2) is 0 Å². The molecule has 0 bridgehead atoms. The maximum atomic E-state index is 13.1. The van der Waals surface area contributed by atoms with Crippen LogP contribution in [0.5, 0.6) is 0 Å². The van der Waals surface area contributed by atoms with Crippen molar-refractivity contribution in [2.75, 3.05) is 0 Å². The second kappa shape index (κ2) is 13.1. The molecule has 1 fully saturated rings. The van der Waals surface area contributed by atoms with E-state index in [-0.39, 0.29) is 43.2 Å². The molecule has 42 heavy (non-hydrogen) atoms. The Kier molecular flexibility index (Phi) is 9.32. The molecule has 2 aliphatic rings. The molecule has 14 nitrogen and oxygen atoms in total. The van der Waals surface area contributed by atoms with Crippen LogP contribution < -0.4 is 0 Å². The highest BCUT2D eigenvalue weighted by atomic mass is 32.2. The van der Waals surface area contributed by atoms with Crippen LogP contribution in [-0.4, -0.2) is 51.2 Å². The molecule has 4 rings (SSSR count). The lowest BCUT2D eigenvalue weighted by molar-refractivity contribution is -0.385. The van der Waals surface area contributed by atoms with Gasteiger partial charge in [0.1, 0.15) is 25.0 Å². The van der Waals surface area contributed by atoms with Crippen molar-refractivity contribution in [3.05, 3.63) is 102 Å². The summed E-state index contributed by atoms with van der Waals surface area (Å²) in [5.41, 5.74) is 0.829. The Morgan fingerprint density at radius 1 is 1.00 bits per heavy atom. The largest absolute Gasteiger partial charge is 0.464 e. The summed E-state index contributed by atoms with van der Waals surface area (Å²) >= 11 is 1.02. The lowest BCUT2D eigenvalue weighted by Gasteiger charge is -2.45. The first-order valence-corrected chi connectivity index (χ1v) is 13.3. The number of esters is 2. The molecular formula is C27H23N3O11S. The fraction of sp³-hybridized carbons (Fsp3) is 0.259. The number of nitrogens with zero attached hydrogens (tertiary/aromatic N) is 3. The maximum absolute atomic E-state index is 13.1. The van der Waals surface area contributed by atoms with Crippen LogP contribution in [0.15, 0.2) is 70.6 Å². The predicted octanol–water partition coefficient (Wildman–Crippen LogP) is 3.54. The van der Waals surface area contributed by atoms with E-state index in [1.807, 2.05) is 0 Å². The van der Waals surface area contributed by atoms with Gasteiger partial charge < -0.3 is 19.1 Å². The van der Waals surface area contributed by atoms with Crippen LogP contribution in [0.1, 0.15) is 24.5 Å². The van der Waals surface area contributed by atoms with E-state index in [2.05, 4.69) is 0 Å². The zero-order valence-corrected chi connectivity index (χ0v) is 22.8. The molecule has 2 aromatic carbocycles. The van der Waals surface area contributed by atoms with Gasteiger partial charge in [0, 0.05) is 41.7 Å². The molecule has 2 aliphatic heterocycles. The minimum Gasteiger partial charge on any atom is -0.464 e. The third-order valence-electron chi connectivity index (χ3n) is 6.60. The van der Waals surface area contributed by atoms with Crippen molar-refractivity contribution in [2.24, 2.45) is 5.92 Å². The van der Waals surface area contributed by atoms with Crippen molar-refractivity contribution in [1.29, 1.82) is 0 Å². The average Bonchev–Trinajstić information content (AvgIpc) is 3.29. The predicted molar refractivity (Wildman–Crippen MR) is 145 cm³/mol. The summed E-state index contributed by atoms with van der Waals surface area (Å²) in [7, 11) is 0. The van der Waals surface area contributed by atoms with Crippen LogP contribution in [0, 0.1) is 26.1 Å². The molecule has 0 saturated carbocycles. The third-order valence-corrected chi connectivity index (χ3v) is 7.51. The molecule has 0 N–H and O–H groups in total. The SMILES string of the molecule is C[C@@H](OC=O)[C@H]1C(=O)N2C(C(=O)OCc3ccc([N+](=O)[O-])cc3)=C(SC=CC(=O)OCc3ccc([N+](=O)[O-])cc3)C[C@H]12. The highest BCUT2D eigenvalue weighted by Gasteiger charge is 2.57. The number of carbonyl (C=O) groups is 4. The van der Waals surface area contributed by atoms with Gasteiger partial charge in [-0.1, -0.05) is 11.8 Å². The number of hydrogen-bond acceptors (Lipinski definition) is 12. The molecule has 0 aliphatic carbocycles. The van der Waals surface area contributed by atoms with Crippen LogP contribution in [-0.2, 0) is 46.6 Å². The summed E-state index contributed by atoms with van der Waals surface area (Å²) in [6.45, 7) is 1.51. The molecule has 3 atom stereocenters. The number of thioether (sulfide) groups is 1. The minimum absolute atomic E-state index is 0.00429. The number of nitro groups is 2. The molecule has 0 aromatic heterocycles. The molecule has 0 spiro atoms. The van der Waals surface area contributed by atoms with Gasteiger partial charge >= 0.3 is 11.9 Å². The standard InChI is InChI=1S/C27H23N3O11S/c1-16(41-15-31)24-21-12-22(42-11-10-23(32)39-13-17-2-6-19(7-3-17)29(35)36)25(28(21)26(24)33)27(34)40-14-18-4-8-20(9-5-18)30(37)38/h2-11,15-16,21,24H,12-14H2,1H3/t16-,21-,24-/m1/s1. The van der Waals surface area contributed by atoms with Crippen molar-refractivity contribution in [3.63, 3.8) is 0 Å². The van der Waals surface area contributed by atoms with Crippen LogP contribution in [0.4, 0.5) is 11.4 Å². The monoisotopic (exact) mass is 597 g/mol. The van der Waals surface area contributed by atoms with E-state index < -0.39 is 45.8 Å². The van der Waals surface area contributed by atoms with Gasteiger partial charge in [-0.3, -0.25) is 29.8 Å². The van der Waals surface area contributed by atoms with Gasteiger partial charge in [0.05, 0.1) is 21.8 Å². The number of amides is 1. The smallest absolute Gasteiger partial charge is 0.356 e. The topological polar surface area (TPSA) is 185 Å². The Morgan fingerprint density at radius 2 is 1.55 bits per heavy atom. The van der Waals surface area contributed by atoms with Gasteiger partial charge in [0.25, 0.3) is 17.8 Å². The van der Waals surface area contributed by atoms with E-state index in [0.29, 0.717) is 16.0 Å². The third kappa shape index (κ3) is 6.63. The van der Waals surface area contributed by atoms with Crippen LogP contribution in [0.3, 0.4) is 0 Å². The highest BCUT2D eigenvalue weighted by molar-refractivity contribution is 8.05. The molecule has 15 heteroatoms. The first-order valence-electron chi connectivity index (χ1n) is 12.4. The molecule has 1 saturated heterocycles. The molecule has 0 unspecified atom stereocenters. The Bertz CT molecular complexity index is 1470. The van der Waals surface area contributed by atoms with Crippen LogP contribution in [0.2, 0.25) is 0 Å². The molecular weight excluding hydrogens is 574 g/mol. The van der Waals surface area contributed by atoms with Crippen molar-refractivity contribution in [2.45, 2.75) is 38.7 Å². The lowest BCUT2D eigenvalue weighted by Crippen LogP contribution is -2.62. The van der Waals surface area contributed by atoms with E-state index >= 15 is 0 Å². The maximum Gasteiger partial charge on any atom is 0.356 e. The number of fused-ring (bicyclic) bond motifs is 1. The molecule has 218 valence electrons. The number of nitro benzene ring substituents is 2. The first kappa shape index (κ1) is 29.9. The quantitative estimate of drug-likeness (QED) is 0.0623. The lowest BCUT2D eigenvalue weighted by atomic mass is 9.83. The number of benzene rings is 2. The molecule has 0 radical (unpaired) electrons. The number of ether oxygens (including phenoxy) is 3. The Morgan fingerprint density at radius 3 is 2.07 bits per heavy atom. The molecule has 2 heterocycles. The first-order chi connectivity index (χ1) is 20.1. The summed E-state index contributed by atoms with van der Waals surface area (Å²) in [5.74, 6) is -2.59. The second-order valence-electron chi connectivity index (χ2n) is 9.17. The van der Waals surface area contributed by atoms with Gasteiger partial charge in [-0.25, -0.2) is 9.59 Å². The van der Waals surface area contributed by atoms with E-state index in [9.17, 15) is 39.4 Å². The fourth-order valence-corrected chi connectivity index (χ4v) is 5.41. The van der Waals surface area contributed by atoms with Crippen molar-refractivity contribution < 1.29 is 43.2 Å². The van der Waals surface area contributed by atoms with Gasteiger partial charge in [-0.2, -0.15) is 0 Å². The van der Waals surface area contributed by atoms with E-state index in [4.69, 9.17) is 14.2 Å². The van der Waals surface area contributed by atoms with E-state index in [0.717, 1.165) is 17.8 Å². The van der Waals surface area contributed by atoms with Crippen molar-refractivity contribution in [3.8, 4) is 0 Å². The van der Waals surface area contributed by atoms with Crippen LogP contribution in [0.25, 0.3) is 0 Å². The van der Waals surface area contributed by atoms with Gasteiger partial charge in [-0.05, 0) is 47.7 Å². The number of carbonyl (C=O) groups excluding carboxylic acids is 4. The number of hydrogen-bond donors (Lipinski definition) is 0. The zero-order chi connectivity index (χ0) is 30.4. The number of rotatable bonds is 13. The number of non-ortho nitro benzene ring substituents is 2. The Hall–Kier alpha value is -5.05. The van der Waals surface area contributed by atoms with E-state index in [1.54, 1.807) is 6.92 Å². The highest BCUT2D eigenvalue weighted by Crippen LogP contribution is 2.48. The van der Waals surface area contributed by atoms with Gasteiger partial charge in [-0.15, -0.1) is 0 Å². The van der Waals surface area contributed by atoms with Crippen molar-refractivity contribution in [1.82, 2.24) is 4.90 Å². The minimum atomic E-state index is -0.803. The van der Waals surface area contributed by atoms with E-state index in [1.165, 1.54) is 58.8 Å². The summed E-state index contributed by atoms with van der Waals surface area (Å²) in [6, 6.07) is 10.5. The second-order valence-corrected chi connectivity index (χ2v) is 10.2. The van der Waals surface area contributed by atoms with Crippen molar-refractivity contribution >= 4 is 47.5 Å². The summed E-state index contributed by atoms with van der Waals surface area (Å²) in [6.07, 6.45) is 0.663. The summed E-state index contributed by atoms with van der Waals surface area (Å²) < 4.78 is 15.5. The normalized spacial score (nSPS) is 18.2. The average molecular weight is 598 g/mol. The Labute approximate surface area is 242 Å². The fourth-order valence-electron chi connectivity index (χ4n) is 4.50. The van der Waals surface area contributed by atoms with Gasteiger partial charge in [0.2, 0.25) is 5.91 Å². The molecule has 1 amide bonds. The number of β-lactam (4-membered cyclic amide) rings is 1. The summed E-state index contributed by atoms with van der Waals surface area (Å²) in [4.78, 5) is 71.4. The summed E-state index contributed by atoms with van der Waals surface area (Å²) in [5, 5.41) is 23.0. The molecule has 2 aromatic rings. The zero-order valence-electron chi connectivity index (χ0n) is 21.9. The Balaban J connectivity index is 1.42. The van der Waals surface area contributed by atoms with Crippen LogP contribution >= 0.6 is 11.8 Å².